The van der Waals surface area contributed by atoms with Crippen molar-refractivity contribution in [3.05, 3.63) is 28.2 Å². The molecular formula is C13H17BrN2O2. The van der Waals surface area contributed by atoms with Crippen molar-refractivity contribution in [2.24, 2.45) is 0 Å². The number of carbonyl (C=O) groups is 1. The maximum Gasteiger partial charge on any atom is 0.246 e. The molecular weight excluding hydrogens is 296 g/mol. The van der Waals surface area contributed by atoms with Crippen LogP contribution in [0.2, 0.25) is 0 Å². The number of nitrogens with one attached hydrogen (secondary N) is 1. The van der Waals surface area contributed by atoms with Crippen LogP contribution in [0.15, 0.2) is 22.7 Å². The lowest BCUT2D eigenvalue weighted by molar-refractivity contribution is -0.121. The van der Waals surface area contributed by atoms with Crippen molar-refractivity contribution in [2.45, 2.75) is 19.4 Å². The van der Waals surface area contributed by atoms with E-state index in [4.69, 9.17) is 0 Å². The van der Waals surface area contributed by atoms with Gasteiger partial charge in [-0.1, -0.05) is 22.0 Å². The maximum absolute atomic E-state index is 12.3. The Morgan fingerprint density at radius 3 is 3.00 bits per heavy atom. The fraction of sp³-hybridized carbons (Fsp3) is 0.462. The Morgan fingerprint density at radius 1 is 1.56 bits per heavy atom. The highest BCUT2D eigenvalue weighted by atomic mass is 79.9. The van der Waals surface area contributed by atoms with E-state index in [9.17, 15) is 9.90 Å². The lowest BCUT2D eigenvalue weighted by Crippen LogP contribution is -2.46. The Morgan fingerprint density at radius 2 is 2.33 bits per heavy atom. The third-order valence-corrected chi connectivity index (χ3v) is 4.02. The molecule has 1 fully saturated rings. The normalized spacial score (nSPS) is 20.9. The Hall–Kier alpha value is -0.910. The van der Waals surface area contributed by atoms with Gasteiger partial charge in [0.25, 0.3) is 0 Å². The van der Waals surface area contributed by atoms with Gasteiger partial charge in [0, 0.05) is 16.7 Å². The van der Waals surface area contributed by atoms with E-state index in [2.05, 4.69) is 21.2 Å². The predicted octanol–water partition coefficient (Wildman–Crippen LogP) is 1.44. The van der Waals surface area contributed by atoms with E-state index < -0.39 is 6.04 Å². The summed E-state index contributed by atoms with van der Waals surface area (Å²) < 4.78 is 0.991. The molecule has 1 aromatic rings. The molecule has 1 aliphatic heterocycles. The highest BCUT2D eigenvalue weighted by Crippen LogP contribution is 2.24. The minimum absolute atomic E-state index is 0.0641. The molecule has 1 atom stereocenters. The minimum Gasteiger partial charge on any atom is -0.394 e. The molecule has 4 nitrogen and oxygen atoms in total. The van der Waals surface area contributed by atoms with Gasteiger partial charge in [-0.15, -0.1) is 0 Å². The number of aryl methyl sites for hydroxylation is 1. The van der Waals surface area contributed by atoms with E-state index in [1.807, 2.05) is 25.1 Å². The lowest BCUT2D eigenvalue weighted by atomic mass is 10.2. The fourth-order valence-electron chi connectivity index (χ4n) is 2.05. The number of benzene rings is 1. The minimum atomic E-state index is -0.493. The number of amides is 1. The van der Waals surface area contributed by atoms with Crippen LogP contribution in [0.4, 0.5) is 5.69 Å². The van der Waals surface area contributed by atoms with Gasteiger partial charge in [0.1, 0.15) is 6.04 Å². The van der Waals surface area contributed by atoms with E-state index in [-0.39, 0.29) is 12.5 Å². The summed E-state index contributed by atoms with van der Waals surface area (Å²) in [5.74, 6) is -0.0641. The van der Waals surface area contributed by atoms with Crippen LogP contribution in [-0.2, 0) is 4.79 Å². The van der Waals surface area contributed by atoms with Crippen LogP contribution in [0.1, 0.15) is 12.0 Å². The highest BCUT2D eigenvalue weighted by molar-refractivity contribution is 9.10. The molecule has 1 aliphatic rings. The first-order valence-electron chi connectivity index (χ1n) is 6.05. The van der Waals surface area contributed by atoms with E-state index in [0.29, 0.717) is 6.54 Å². The molecule has 98 valence electrons. The topological polar surface area (TPSA) is 52.6 Å². The molecule has 1 heterocycles. The Balaban J connectivity index is 2.29. The SMILES string of the molecule is Cc1ccc(N2CCCNC(CO)C2=O)cc1Br. The summed E-state index contributed by atoms with van der Waals surface area (Å²) in [7, 11) is 0. The third-order valence-electron chi connectivity index (χ3n) is 3.16. The zero-order valence-electron chi connectivity index (χ0n) is 10.3. The van der Waals surface area contributed by atoms with Crippen LogP contribution in [0.3, 0.4) is 0 Å². The second kappa shape index (κ2) is 5.82. The van der Waals surface area contributed by atoms with Gasteiger partial charge in [-0.2, -0.15) is 0 Å². The van der Waals surface area contributed by atoms with E-state index >= 15 is 0 Å². The molecule has 0 saturated carbocycles. The molecule has 0 aromatic heterocycles. The molecule has 1 aromatic carbocycles. The van der Waals surface area contributed by atoms with E-state index in [1.54, 1.807) is 4.90 Å². The summed E-state index contributed by atoms with van der Waals surface area (Å²) in [5, 5.41) is 12.3. The van der Waals surface area contributed by atoms with Gasteiger partial charge < -0.3 is 15.3 Å². The number of hydrogen-bond donors (Lipinski definition) is 2. The van der Waals surface area contributed by atoms with Gasteiger partial charge >= 0.3 is 0 Å². The molecule has 1 unspecified atom stereocenters. The van der Waals surface area contributed by atoms with Crippen molar-refractivity contribution in [3.8, 4) is 0 Å². The zero-order valence-corrected chi connectivity index (χ0v) is 11.9. The standard InChI is InChI=1S/C13H17BrN2O2/c1-9-3-4-10(7-11(9)14)16-6-2-5-15-12(8-17)13(16)18/h3-4,7,12,15,17H,2,5-6,8H2,1H3. The van der Waals surface area contributed by atoms with Gasteiger partial charge in [-0.05, 0) is 37.6 Å². The quantitative estimate of drug-likeness (QED) is 0.869. The van der Waals surface area contributed by atoms with Crippen molar-refractivity contribution in [1.82, 2.24) is 5.32 Å². The molecule has 0 bridgehead atoms. The molecule has 1 amide bonds. The Kier molecular flexibility index (Phi) is 4.37. The first-order valence-corrected chi connectivity index (χ1v) is 6.84. The second-order valence-corrected chi connectivity index (χ2v) is 5.32. The van der Waals surface area contributed by atoms with Gasteiger partial charge in [0.2, 0.25) is 5.91 Å². The maximum atomic E-state index is 12.3. The largest absolute Gasteiger partial charge is 0.394 e. The van der Waals surface area contributed by atoms with Crippen LogP contribution in [-0.4, -0.2) is 36.8 Å². The van der Waals surface area contributed by atoms with Crippen molar-refractivity contribution in [3.63, 3.8) is 0 Å². The summed E-state index contributed by atoms with van der Waals surface area (Å²) in [5.41, 5.74) is 2.01. The number of aliphatic hydroxyl groups excluding tert-OH is 1. The molecule has 2 N–H and O–H groups in total. The highest BCUT2D eigenvalue weighted by Gasteiger charge is 2.27. The smallest absolute Gasteiger partial charge is 0.246 e. The monoisotopic (exact) mass is 312 g/mol. The summed E-state index contributed by atoms with van der Waals surface area (Å²) in [6.07, 6.45) is 0.883. The van der Waals surface area contributed by atoms with Crippen LogP contribution in [0.5, 0.6) is 0 Å². The second-order valence-electron chi connectivity index (χ2n) is 4.47. The van der Waals surface area contributed by atoms with Gasteiger partial charge in [-0.25, -0.2) is 0 Å². The number of aliphatic hydroxyl groups is 1. The lowest BCUT2D eigenvalue weighted by Gasteiger charge is -2.24. The molecule has 0 aliphatic carbocycles. The first-order chi connectivity index (χ1) is 8.63. The number of rotatable bonds is 2. The van der Waals surface area contributed by atoms with Gasteiger partial charge in [0.15, 0.2) is 0 Å². The Labute approximate surface area is 115 Å². The summed E-state index contributed by atoms with van der Waals surface area (Å²) in [4.78, 5) is 14.0. The number of anilines is 1. The summed E-state index contributed by atoms with van der Waals surface area (Å²) in [6, 6.07) is 5.39. The first kappa shape index (κ1) is 13.5. The molecule has 2 rings (SSSR count). The predicted molar refractivity (Wildman–Crippen MR) is 74.7 cm³/mol. The zero-order chi connectivity index (χ0) is 13.1. The van der Waals surface area contributed by atoms with Crippen molar-refractivity contribution in [2.75, 3.05) is 24.6 Å². The number of halogens is 1. The third kappa shape index (κ3) is 2.74. The van der Waals surface area contributed by atoms with Crippen LogP contribution in [0, 0.1) is 6.92 Å². The summed E-state index contributed by atoms with van der Waals surface area (Å²) in [6.45, 7) is 3.27. The van der Waals surface area contributed by atoms with Crippen molar-refractivity contribution < 1.29 is 9.90 Å². The van der Waals surface area contributed by atoms with Gasteiger partial charge in [0.05, 0.1) is 6.61 Å². The van der Waals surface area contributed by atoms with E-state index in [0.717, 1.165) is 28.7 Å². The fourth-order valence-corrected chi connectivity index (χ4v) is 2.41. The molecule has 0 spiro atoms. The average molecular weight is 313 g/mol. The van der Waals surface area contributed by atoms with Crippen LogP contribution < -0.4 is 10.2 Å². The van der Waals surface area contributed by atoms with E-state index in [1.165, 1.54) is 0 Å². The number of nitrogens with zero attached hydrogens (tertiary/aromatic N) is 1. The number of carbonyl (C=O) groups excluding carboxylic acids is 1. The van der Waals surface area contributed by atoms with Crippen molar-refractivity contribution >= 4 is 27.5 Å². The molecule has 0 radical (unpaired) electrons. The van der Waals surface area contributed by atoms with Gasteiger partial charge in [-0.3, -0.25) is 4.79 Å². The molecule has 18 heavy (non-hydrogen) atoms. The number of hydrogen-bond acceptors (Lipinski definition) is 3. The van der Waals surface area contributed by atoms with Crippen LogP contribution >= 0.6 is 15.9 Å². The average Bonchev–Trinajstić information content (AvgIpc) is 2.54. The Bertz CT molecular complexity index is 451. The van der Waals surface area contributed by atoms with Crippen molar-refractivity contribution in [1.29, 1.82) is 0 Å². The molecule has 1 saturated heterocycles. The molecule has 5 heteroatoms. The summed E-state index contributed by atoms with van der Waals surface area (Å²) >= 11 is 3.48. The van der Waals surface area contributed by atoms with Crippen LogP contribution in [0.25, 0.3) is 0 Å².